The Morgan fingerprint density at radius 1 is 1.12 bits per heavy atom. The van der Waals surface area contributed by atoms with E-state index < -0.39 is 11.8 Å². The van der Waals surface area contributed by atoms with Crippen LogP contribution in [-0.2, 0) is 21.7 Å². The van der Waals surface area contributed by atoms with E-state index in [0.29, 0.717) is 32.7 Å². The number of ether oxygens (including phenoxy) is 1. The maximum absolute atomic E-state index is 13.2. The number of alkyl halides is 3. The zero-order valence-corrected chi connectivity index (χ0v) is 19.3. The Hall–Kier alpha value is -3.02. The first-order valence-corrected chi connectivity index (χ1v) is 11.1. The molecule has 34 heavy (non-hydrogen) atoms. The SMILES string of the molecule is CC#CCC1CN(C(=O)COCc2ccccc2)CCN1c1ccc(C(C)(O)C(F)(F)F)cc1. The van der Waals surface area contributed by atoms with Crippen LogP contribution in [0.2, 0.25) is 0 Å². The molecule has 1 fully saturated rings. The molecule has 0 bridgehead atoms. The van der Waals surface area contributed by atoms with Crippen LogP contribution in [0.5, 0.6) is 0 Å². The van der Waals surface area contributed by atoms with Crippen molar-refractivity contribution in [1.29, 1.82) is 0 Å². The lowest BCUT2D eigenvalue weighted by atomic mass is 9.95. The first kappa shape index (κ1) is 25.6. The number of aliphatic hydroxyl groups is 1. The first-order chi connectivity index (χ1) is 16.1. The summed E-state index contributed by atoms with van der Waals surface area (Å²) in [4.78, 5) is 16.5. The summed E-state index contributed by atoms with van der Waals surface area (Å²) in [7, 11) is 0. The van der Waals surface area contributed by atoms with Crippen molar-refractivity contribution >= 4 is 11.6 Å². The maximum atomic E-state index is 13.2. The van der Waals surface area contributed by atoms with E-state index in [4.69, 9.17) is 4.74 Å². The molecule has 0 aliphatic carbocycles. The van der Waals surface area contributed by atoms with Gasteiger partial charge in [0.25, 0.3) is 0 Å². The van der Waals surface area contributed by atoms with E-state index in [0.717, 1.165) is 18.2 Å². The molecule has 0 spiro atoms. The normalized spacial score (nSPS) is 18.1. The Kier molecular flexibility index (Phi) is 8.24. The topological polar surface area (TPSA) is 53.0 Å². The average molecular weight is 475 g/mol. The van der Waals surface area contributed by atoms with Gasteiger partial charge in [0.1, 0.15) is 6.61 Å². The monoisotopic (exact) mass is 474 g/mol. The van der Waals surface area contributed by atoms with Gasteiger partial charge in [-0.3, -0.25) is 4.79 Å². The number of anilines is 1. The number of piperazine rings is 1. The second-order valence-corrected chi connectivity index (χ2v) is 8.41. The molecule has 0 saturated carbocycles. The molecule has 1 N–H and O–H groups in total. The number of carbonyl (C=O) groups is 1. The lowest BCUT2D eigenvalue weighted by Gasteiger charge is -2.42. The van der Waals surface area contributed by atoms with Crippen LogP contribution >= 0.6 is 0 Å². The van der Waals surface area contributed by atoms with Gasteiger partial charge in [-0.1, -0.05) is 42.5 Å². The summed E-state index contributed by atoms with van der Waals surface area (Å²) in [6.07, 6.45) is -4.27. The van der Waals surface area contributed by atoms with Crippen molar-refractivity contribution in [2.24, 2.45) is 0 Å². The number of hydrogen-bond acceptors (Lipinski definition) is 4. The average Bonchev–Trinajstić information content (AvgIpc) is 2.82. The fraction of sp³-hybridized carbons (Fsp3) is 0.423. The molecule has 182 valence electrons. The second-order valence-electron chi connectivity index (χ2n) is 8.41. The molecule has 2 aromatic carbocycles. The number of rotatable bonds is 7. The van der Waals surface area contributed by atoms with Crippen LogP contribution in [0.1, 0.15) is 31.4 Å². The Balaban J connectivity index is 1.65. The smallest absolute Gasteiger partial charge is 0.376 e. The summed E-state index contributed by atoms with van der Waals surface area (Å²) < 4.78 is 45.1. The lowest BCUT2D eigenvalue weighted by Crippen LogP contribution is -2.55. The largest absolute Gasteiger partial charge is 0.421 e. The van der Waals surface area contributed by atoms with Gasteiger partial charge in [0.05, 0.1) is 12.6 Å². The molecule has 8 heteroatoms. The van der Waals surface area contributed by atoms with Crippen LogP contribution in [0.3, 0.4) is 0 Å². The van der Waals surface area contributed by atoms with Gasteiger partial charge >= 0.3 is 6.18 Å². The summed E-state index contributed by atoms with van der Waals surface area (Å²) in [5.74, 6) is 5.80. The molecule has 2 atom stereocenters. The zero-order chi connectivity index (χ0) is 24.8. The Labute approximate surface area is 198 Å². The number of halogens is 3. The molecule has 5 nitrogen and oxygen atoms in total. The summed E-state index contributed by atoms with van der Waals surface area (Å²) in [6, 6.07) is 15.2. The van der Waals surface area contributed by atoms with Crippen LogP contribution in [0, 0.1) is 11.8 Å². The summed E-state index contributed by atoms with van der Waals surface area (Å²) in [6.45, 7) is 4.21. The van der Waals surface area contributed by atoms with Crippen LogP contribution in [0.4, 0.5) is 18.9 Å². The lowest BCUT2D eigenvalue weighted by molar-refractivity contribution is -0.258. The zero-order valence-electron chi connectivity index (χ0n) is 19.3. The van der Waals surface area contributed by atoms with E-state index in [1.54, 1.807) is 24.0 Å². The molecule has 1 aliphatic rings. The van der Waals surface area contributed by atoms with Crippen molar-refractivity contribution in [3.8, 4) is 11.8 Å². The summed E-state index contributed by atoms with van der Waals surface area (Å²) in [5, 5.41) is 9.92. The van der Waals surface area contributed by atoms with Crippen LogP contribution in [-0.4, -0.2) is 54.4 Å². The van der Waals surface area contributed by atoms with Crippen molar-refractivity contribution in [1.82, 2.24) is 4.90 Å². The minimum Gasteiger partial charge on any atom is -0.376 e. The quantitative estimate of drug-likeness (QED) is 0.614. The summed E-state index contributed by atoms with van der Waals surface area (Å²) >= 11 is 0. The van der Waals surface area contributed by atoms with E-state index in [9.17, 15) is 23.1 Å². The number of carbonyl (C=O) groups excluding carboxylic acids is 1. The van der Waals surface area contributed by atoms with Gasteiger partial charge in [-0.2, -0.15) is 13.2 Å². The van der Waals surface area contributed by atoms with Crippen molar-refractivity contribution in [2.75, 3.05) is 31.1 Å². The minimum absolute atomic E-state index is 0.0255. The molecule has 1 amide bonds. The molecule has 0 aromatic heterocycles. The van der Waals surface area contributed by atoms with Gasteiger partial charge < -0.3 is 19.6 Å². The van der Waals surface area contributed by atoms with Gasteiger partial charge in [-0.05, 0) is 37.1 Å². The van der Waals surface area contributed by atoms with Gasteiger partial charge in [0.15, 0.2) is 5.60 Å². The first-order valence-electron chi connectivity index (χ1n) is 11.1. The Morgan fingerprint density at radius 3 is 2.41 bits per heavy atom. The fourth-order valence-corrected chi connectivity index (χ4v) is 3.88. The molecule has 1 heterocycles. The van der Waals surface area contributed by atoms with Gasteiger partial charge in [0, 0.05) is 31.7 Å². The van der Waals surface area contributed by atoms with Crippen LogP contribution < -0.4 is 4.90 Å². The van der Waals surface area contributed by atoms with Crippen molar-refractivity contribution in [3.05, 3.63) is 65.7 Å². The molecule has 1 saturated heterocycles. The highest BCUT2D eigenvalue weighted by Gasteiger charge is 2.51. The van der Waals surface area contributed by atoms with Crippen molar-refractivity contribution < 1.29 is 27.8 Å². The maximum Gasteiger partial charge on any atom is 0.421 e. The van der Waals surface area contributed by atoms with Crippen LogP contribution in [0.15, 0.2) is 54.6 Å². The number of nitrogens with zero attached hydrogens (tertiary/aromatic N) is 2. The third kappa shape index (κ3) is 6.10. The predicted octanol–water partition coefficient (Wildman–Crippen LogP) is 4.10. The van der Waals surface area contributed by atoms with E-state index >= 15 is 0 Å². The van der Waals surface area contributed by atoms with Crippen LogP contribution in [0.25, 0.3) is 0 Å². The van der Waals surface area contributed by atoms with E-state index in [1.807, 2.05) is 35.2 Å². The Morgan fingerprint density at radius 2 is 1.79 bits per heavy atom. The van der Waals surface area contributed by atoms with E-state index in [1.165, 1.54) is 12.1 Å². The van der Waals surface area contributed by atoms with Gasteiger partial charge in [-0.25, -0.2) is 0 Å². The molecule has 2 aromatic rings. The molecule has 0 radical (unpaired) electrons. The second kappa shape index (κ2) is 10.9. The number of benzene rings is 2. The molecule has 2 unspecified atom stereocenters. The number of hydrogen-bond donors (Lipinski definition) is 1. The highest BCUT2D eigenvalue weighted by molar-refractivity contribution is 5.78. The predicted molar refractivity (Wildman–Crippen MR) is 124 cm³/mol. The van der Waals surface area contributed by atoms with Crippen molar-refractivity contribution in [3.63, 3.8) is 0 Å². The molecular weight excluding hydrogens is 445 g/mol. The third-order valence-corrected chi connectivity index (χ3v) is 6.00. The minimum atomic E-state index is -4.78. The fourth-order valence-electron chi connectivity index (χ4n) is 3.88. The molecular formula is C26H29F3N2O3. The standard InChI is InChI=1S/C26H29F3N2O3/c1-3-4-10-23-17-30(24(32)19-34-18-20-8-6-5-7-9-20)15-16-31(23)22-13-11-21(12-14-22)25(2,33)26(27,28)29/h5-9,11-14,23,33H,10,15-19H2,1-2H3. The van der Waals surface area contributed by atoms with Gasteiger partial charge in [-0.15, -0.1) is 11.8 Å². The van der Waals surface area contributed by atoms with Gasteiger partial charge in [0.2, 0.25) is 5.91 Å². The highest BCUT2D eigenvalue weighted by Crippen LogP contribution is 2.39. The van der Waals surface area contributed by atoms with Crippen molar-refractivity contribution in [2.45, 2.75) is 44.7 Å². The molecule has 1 aliphatic heterocycles. The summed E-state index contributed by atoms with van der Waals surface area (Å²) in [5.41, 5.74) is -1.44. The highest BCUT2D eigenvalue weighted by atomic mass is 19.4. The third-order valence-electron chi connectivity index (χ3n) is 6.00. The Bertz CT molecular complexity index is 1010. The molecule has 3 rings (SSSR count). The van der Waals surface area contributed by atoms with E-state index in [2.05, 4.69) is 11.8 Å². The van der Waals surface area contributed by atoms with E-state index in [-0.39, 0.29) is 24.1 Å². The number of amides is 1.